The Hall–Kier alpha value is -1.57. The SMILES string of the molecule is N#Cc1ccc(CNCC(N)=O)c(Cl)c1. The molecule has 0 spiro atoms. The molecule has 0 bridgehead atoms. The number of carbonyl (C=O) groups excluding carboxylic acids is 1. The maximum absolute atomic E-state index is 10.5. The molecule has 0 aliphatic heterocycles. The van der Waals surface area contributed by atoms with Gasteiger partial charge in [-0.15, -0.1) is 0 Å². The Morgan fingerprint density at radius 2 is 2.33 bits per heavy atom. The second-order valence-corrected chi connectivity index (χ2v) is 3.40. The first-order valence-electron chi connectivity index (χ1n) is 4.31. The van der Waals surface area contributed by atoms with Crippen molar-refractivity contribution in [1.82, 2.24) is 5.32 Å². The Kier molecular flexibility index (Phi) is 4.10. The van der Waals surface area contributed by atoms with Gasteiger partial charge in [0.05, 0.1) is 18.2 Å². The minimum Gasteiger partial charge on any atom is -0.369 e. The van der Waals surface area contributed by atoms with E-state index in [2.05, 4.69) is 5.32 Å². The van der Waals surface area contributed by atoms with Crippen LogP contribution in [-0.4, -0.2) is 12.5 Å². The minimum atomic E-state index is -0.417. The van der Waals surface area contributed by atoms with E-state index in [1.807, 2.05) is 6.07 Å². The van der Waals surface area contributed by atoms with Gasteiger partial charge in [-0.3, -0.25) is 4.79 Å². The highest BCUT2D eigenvalue weighted by molar-refractivity contribution is 6.31. The summed E-state index contributed by atoms with van der Waals surface area (Å²) in [6.07, 6.45) is 0. The minimum absolute atomic E-state index is 0.107. The van der Waals surface area contributed by atoms with Crippen LogP contribution in [0.15, 0.2) is 18.2 Å². The van der Waals surface area contributed by atoms with Crippen LogP contribution in [0, 0.1) is 11.3 Å². The summed E-state index contributed by atoms with van der Waals surface area (Å²) in [6.45, 7) is 0.559. The topological polar surface area (TPSA) is 78.9 Å². The molecule has 3 N–H and O–H groups in total. The van der Waals surface area contributed by atoms with Gasteiger partial charge in [0.2, 0.25) is 5.91 Å². The molecule has 1 amide bonds. The third-order valence-electron chi connectivity index (χ3n) is 1.80. The summed E-state index contributed by atoms with van der Waals surface area (Å²) in [5.74, 6) is -0.417. The summed E-state index contributed by atoms with van der Waals surface area (Å²) in [6, 6.07) is 7.00. The van der Waals surface area contributed by atoms with Gasteiger partial charge in [0.1, 0.15) is 0 Å². The summed E-state index contributed by atoms with van der Waals surface area (Å²) in [5.41, 5.74) is 6.31. The first kappa shape index (κ1) is 11.5. The predicted octanol–water partition coefficient (Wildman–Crippen LogP) is 0.787. The Balaban J connectivity index is 2.63. The maximum Gasteiger partial charge on any atom is 0.231 e. The monoisotopic (exact) mass is 223 g/mol. The van der Waals surface area contributed by atoms with Gasteiger partial charge >= 0.3 is 0 Å². The van der Waals surface area contributed by atoms with Crippen molar-refractivity contribution < 1.29 is 4.79 Å². The highest BCUT2D eigenvalue weighted by atomic mass is 35.5. The Labute approximate surface area is 92.6 Å². The lowest BCUT2D eigenvalue weighted by Gasteiger charge is -2.04. The molecule has 1 rings (SSSR count). The van der Waals surface area contributed by atoms with Gasteiger partial charge < -0.3 is 11.1 Å². The highest BCUT2D eigenvalue weighted by Gasteiger charge is 2.02. The van der Waals surface area contributed by atoms with Gasteiger partial charge in [0.15, 0.2) is 0 Å². The van der Waals surface area contributed by atoms with Crippen molar-refractivity contribution in [3.05, 3.63) is 34.3 Å². The standard InChI is InChI=1S/C10H10ClN3O/c11-9-3-7(4-12)1-2-8(9)5-14-6-10(13)15/h1-3,14H,5-6H2,(H2,13,15). The van der Waals surface area contributed by atoms with Crippen molar-refractivity contribution in [2.45, 2.75) is 6.54 Å². The summed E-state index contributed by atoms with van der Waals surface area (Å²) in [5, 5.41) is 12.0. The number of nitriles is 1. The number of benzene rings is 1. The molecular formula is C10H10ClN3O. The van der Waals surface area contributed by atoms with E-state index in [4.69, 9.17) is 22.6 Å². The van der Waals surface area contributed by atoms with E-state index in [0.717, 1.165) is 5.56 Å². The molecule has 0 heterocycles. The second-order valence-electron chi connectivity index (χ2n) is 2.99. The first-order valence-corrected chi connectivity index (χ1v) is 4.69. The summed E-state index contributed by atoms with van der Waals surface area (Å²) in [7, 11) is 0. The van der Waals surface area contributed by atoms with Crippen LogP contribution in [0.2, 0.25) is 5.02 Å². The molecule has 0 aliphatic rings. The molecular weight excluding hydrogens is 214 g/mol. The van der Waals surface area contributed by atoms with E-state index >= 15 is 0 Å². The summed E-state index contributed by atoms with van der Waals surface area (Å²) < 4.78 is 0. The van der Waals surface area contributed by atoms with E-state index in [1.165, 1.54) is 0 Å². The van der Waals surface area contributed by atoms with Crippen LogP contribution in [0.5, 0.6) is 0 Å². The summed E-state index contributed by atoms with van der Waals surface area (Å²) in [4.78, 5) is 10.5. The third kappa shape index (κ3) is 3.58. The fourth-order valence-electron chi connectivity index (χ4n) is 1.08. The van der Waals surface area contributed by atoms with Crippen LogP contribution in [-0.2, 0) is 11.3 Å². The lowest BCUT2D eigenvalue weighted by Crippen LogP contribution is -2.28. The Morgan fingerprint density at radius 3 is 2.87 bits per heavy atom. The molecule has 0 aromatic heterocycles. The van der Waals surface area contributed by atoms with Crippen LogP contribution >= 0.6 is 11.6 Å². The molecule has 0 aliphatic carbocycles. The summed E-state index contributed by atoms with van der Waals surface area (Å²) >= 11 is 5.92. The van der Waals surface area contributed by atoms with Crippen LogP contribution in [0.25, 0.3) is 0 Å². The predicted molar refractivity (Wildman–Crippen MR) is 57.1 cm³/mol. The van der Waals surface area contributed by atoms with E-state index in [-0.39, 0.29) is 6.54 Å². The highest BCUT2D eigenvalue weighted by Crippen LogP contribution is 2.17. The van der Waals surface area contributed by atoms with Gasteiger partial charge in [-0.05, 0) is 17.7 Å². The van der Waals surface area contributed by atoms with Crippen molar-refractivity contribution in [3.63, 3.8) is 0 Å². The van der Waals surface area contributed by atoms with E-state index in [1.54, 1.807) is 18.2 Å². The smallest absolute Gasteiger partial charge is 0.231 e. The van der Waals surface area contributed by atoms with Crippen molar-refractivity contribution >= 4 is 17.5 Å². The Morgan fingerprint density at radius 1 is 1.60 bits per heavy atom. The van der Waals surface area contributed by atoms with Gasteiger partial charge in [-0.2, -0.15) is 5.26 Å². The van der Waals surface area contributed by atoms with Crippen molar-refractivity contribution in [1.29, 1.82) is 5.26 Å². The zero-order valence-electron chi connectivity index (χ0n) is 7.96. The van der Waals surface area contributed by atoms with Crippen LogP contribution in [0.4, 0.5) is 0 Å². The maximum atomic E-state index is 10.5. The zero-order valence-corrected chi connectivity index (χ0v) is 8.71. The molecule has 5 heteroatoms. The van der Waals surface area contributed by atoms with E-state index < -0.39 is 5.91 Å². The lowest BCUT2D eigenvalue weighted by atomic mass is 10.1. The van der Waals surface area contributed by atoms with Gasteiger partial charge in [-0.1, -0.05) is 17.7 Å². The first-order chi connectivity index (χ1) is 7.13. The number of nitrogens with zero attached hydrogens (tertiary/aromatic N) is 1. The average Bonchev–Trinajstić information content (AvgIpc) is 2.20. The van der Waals surface area contributed by atoms with Crippen LogP contribution in [0.3, 0.4) is 0 Å². The molecule has 0 saturated heterocycles. The number of hydrogen-bond donors (Lipinski definition) is 2. The lowest BCUT2D eigenvalue weighted by molar-refractivity contribution is -0.117. The molecule has 0 atom stereocenters. The van der Waals surface area contributed by atoms with Gasteiger partial charge in [0, 0.05) is 11.6 Å². The van der Waals surface area contributed by atoms with Crippen molar-refractivity contribution in [2.24, 2.45) is 5.73 Å². The second kappa shape index (κ2) is 5.35. The van der Waals surface area contributed by atoms with E-state index in [0.29, 0.717) is 17.1 Å². The molecule has 15 heavy (non-hydrogen) atoms. The number of halogens is 1. The number of nitrogens with one attached hydrogen (secondary N) is 1. The number of rotatable bonds is 4. The molecule has 0 saturated carbocycles. The molecule has 0 unspecified atom stereocenters. The fraction of sp³-hybridized carbons (Fsp3) is 0.200. The molecule has 1 aromatic rings. The van der Waals surface area contributed by atoms with Crippen LogP contribution in [0.1, 0.15) is 11.1 Å². The van der Waals surface area contributed by atoms with Gasteiger partial charge in [-0.25, -0.2) is 0 Å². The normalized spacial score (nSPS) is 9.60. The molecule has 1 aromatic carbocycles. The number of hydrogen-bond acceptors (Lipinski definition) is 3. The van der Waals surface area contributed by atoms with Crippen molar-refractivity contribution in [3.8, 4) is 6.07 Å². The zero-order chi connectivity index (χ0) is 11.3. The largest absolute Gasteiger partial charge is 0.369 e. The van der Waals surface area contributed by atoms with Gasteiger partial charge in [0.25, 0.3) is 0 Å². The average molecular weight is 224 g/mol. The van der Waals surface area contributed by atoms with Crippen molar-refractivity contribution in [2.75, 3.05) is 6.54 Å². The Bertz CT molecular complexity index is 412. The quantitative estimate of drug-likeness (QED) is 0.792. The molecule has 78 valence electrons. The van der Waals surface area contributed by atoms with E-state index in [9.17, 15) is 4.79 Å². The number of carbonyl (C=O) groups is 1. The molecule has 0 fully saturated rings. The number of primary amides is 1. The number of nitrogens with two attached hydrogens (primary N) is 1. The fourth-order valence-corrected chi connectivity index (χ4v) is 1.33. The third-order valence-corrected chi connectivity index (χ3v) is 2.15. The molecule has 4 nitrogen and oxygen atoms in total. The van der Waals surface area contributed by atoms with Crippen LogP contribution < -0.4 is 11.1 Å². The molecule has 0 radical (unpaired) electrons. The number of amides is 1.